The van der Waals surface area contributed by atoms with Gasteiger partial charge in [0.25, 0.3) is 5.91 Å². The van der Waals surface area contributed by atoms with Crippen molar-refractivity contribution in [2.45, 2.75) is 18.1 Å². The van der Waals surface area contributed by atoms with Crippen LogP contribution in [0.2, 0.25) is 0 Å². The summed E-state index contributed by atoms with van der Waals surface area (Å²) >= 11 is 0. The zero-order valence-corrected chi connectivity index (χ0v) is 11.3. The molecule has 0 heterocycles. The van der Waals surface area contributed by atoms with Crippen molar-refractivity contribution in [1.82, 2.24) is 0 Å². The number of primary amides is 2. The molecular weight excluding hydrogens is 286 g/mol. The van der Waals surface area contributed by atoms with E-state index in [9.17, 15) is 19.8 Å². The first-order valence-corrected chi connectivity index (χ1v) is 6.02. The number of nitrogens with two attached hydrogens (primary N) is 2. The van der Waals surface area contributed by atoms with Gasteiger partial charge < -0.3 is 31.2 Å². The molecule has 0 aromatic heterocycles. The summed E-state index contributed by atoms with van der Waals surface area (Å²) in [6, 6.07) is 0. The van der Waals surface area contributed by atoms with Gasteiger partial charge in [-0.1, -0.05) is 5.11 Å². The topological polar surface area (TPSA) is 194 Å². The number of hydrogen-bond acceptors (Lipinski definition) is 7. The Morgan fingerprint density at radius 1 is 1.24 bits per heavy atom. The Hall–Kier alpha value is -1.91. The van der Waals surface area contributed by atoms with Crippen molar-refractivity contribution < 1.29 is 29.3 Å². The molecule has 120 valence electrons. The third kappa shape index (κ3) is 6.88. The summed E-state index contributed by atoms with van der Waals surface area (Å²) in [6.45, 7) is 0.622. The zero-order chi connectivity index (χ0) is 16.3. The molecule has 0 aromatic carbocycles. The second-order valence-electron chi connectivity index (χ2n) is 4.02. The molecule has 0 aliphatic rings. The molecule has 11 heteroatoms. The average molecular weight is 305 g/mol. The fourth-order valence-corrected chi connectivity index (χ4v) is 1.33. The van der Waals surface area contributed by atoms with Crippen LogP contribution >= 0.6 is 0 Å². The molecule has 0 aliphatic carbocycles. The summed E-state index contributed by atoms with van der Waals surface area (Å²) in [7, 11) is 0. The largest absolute Gasteiger partial charge is 0.380 e. The molecule has 0 radical (unpaired) electrons. The number of nitrogens with zero attached hydrogens (tertiary/aromatic N) is 3. The standard InChI is InChI=1S/C10H19N5O6/c11-8(17)7(16)10(19,9(12)18)1-3-20-5-6-21-4-2-14-15-13/h7,16,19H,1-6H2,(H2,11,17)(H2,12,18). The molecule has 0 saturated heterocycles. The maximum absolute atomic E-state index is 11.1. The number of azide groups is 1. The van der Waals surface area contributed by atoms with Crippen LogP contribution in [0.25, 0.3) is 10.4 Å². The molecular formula is C10H19N5O6. The number of aliphatic hydroxyl groups is 2. The minimum Gasteiger partial charge on any atom is -0.380 e. The van der Waals surface area contributed by atoms with Gasteiger partial charge in [0, 0.05) is 17.9 Å². The lowest BCUT2D eigenvalue weighted by Crippen LogP contribution is -2.58. The summed E-state index contributed by atoms with van der Waals surface area (Å²) in [5, 5.41) is 22.5. The highest BCUT2D eigenvalue weighted by Gasteiger charge is 2.44. The number of hydrogen-bond donors (Lipinski definition) is 4. The van der Waals surface area contributed by atoms with Crippen molar-refractivity contribution in [2.75, 3.05) is 33.0 Å². The lowest BCUT2D eigenvalue weighted by atomic mass is 9.92. The van der Waals surface area contributed by atoms with Crippen molar-refractivity contribution in [2.24, 2.45) is 16.6 Å². The zero-order valence-electron chi connectivity index (χ0n) is 11.3. The summed E-state index contributed by atoms with van der Waals surface area (Å²) < 4.78 is 10.1. The quantitative estimate of drug-likeness (QED) is 0.136. The van der Waals surface area contributed by atoms with Crippen molar-refractivity contribution in [3.05, 3.63) is 10.4 Å². The van der Waals surface area contributed by atoms with E-state index in [1.165, 1.54) is 0 Å². The van der Waals surface area contributed by atoms with E-state index < -0.39 is 29.9 Å². The van der Waals surface area contributed by atoms with Crippen LogP contribution < -0.4 is 11.5 Å². The van der Waals surface area contributed by atoms with E-state index >= 15 is 0 Å². The van der Waals surface area contributed by atoms with Gasteiger partial charge in [0.15, 0.2) is 11.7 Å². The van der Waals surface area contributed by atoms with E-state index in [1.807, 2.05) is 0 Å². The maximum Gasteiger partial charge on any atom is 0.252 e. The summed E-state index contributed by atoms with van der Waals surface area (Å²) in [4.78, 5) is 24.5. The van der Waals surface area contributed by atoms with Gasteiger partial charge >= 0.3 is 0 Å². The first-order valence-electron chi connectivity index (χ1n) is 6.02. The van der Waals surface area contributed by atoms with Crippen molar-refractivity contribution in [3.63, 3.8) is 0 Å². The van der Waals surface area contributed by atoms with Gasteiger partial charge in [-0.05, 0) is 5.53 Å². The van der Waals surface area contributed by atoms with E-state index in [1.54, 1.807) is 0 Å². The molecule has 0 rings (SSSR count). The molecule has 2 atom stereocenters. The Bertz CT molecular complexity index is 399. The molecule has 0 spiro atoms. The molecule has 2 amide bonds. The minimum atomic E-state index is -2.48. The lowest BCUT2D eigenvalue weighted by molar-refractivity contribution is -0.161. The number of amides is 2. The highest BCUT2D eigenvalue weighted by molar-refractivity contribution is 5.92. The SMILES string of the molecule is [N-]=[N+]=NCCOCCOCCC(O)(C(N)=O)C(O)C(N)=O. The summed E-state index contributed by atoms with van der Waals surface area (Å²) in [5.41, 5.74) is 15.3. The van der Waals surface area contributed by atoms with Gasteiger partial charge in [0.1, 0.15) is 0 Å². The predicted octanol–water partition coefficient (Wildman–Crippen LogP) is -2.22. The number of rotatable bonds is 12. The fraction of sp³-hybridized carbons (Fsp3) is 0.800. The van der Waals surface area contributed by atoms with Crippen molar-refractivity contribution >= 4 is 11.8 Å². The van der Waals surface area contributed by atoms with Gasteiger partial charge in [0.05, 0.1) is 26.4 Å². The fourth-order valence-electron chi connectivity index (χ4n) is 1.33. The Balaban J connectivity index is 3.98. The normalized spacial score (nSPS) is 14.8. The minimum absolute atomic E-state index is 0.137. The average Bonchev–Trinajstić information content (AvgIpc) is 2.44. The molecule has 0 aliphatic heterocycles. The third-order valence-electron chi connectivity index (χ3n) is 2.55. The van der Waals surface area contributed by atoms with Gasteiger partial charge in [-0.25, -0.2) is 0 Å². The maximum atomic E-state index is 11.1. The molecule has 0 saturated carbocycles. The van der Waals surface area contributed by atoms with Crippen LogP contribution in [-0.4, -0.2) is 66.7 Å². The van der Waals surface area contributed by atoms with E-state index in [4.69, 9.17) is 26.5 Å². The predicted molar refractivity (Wildman–Crippen MR) is 69.6 cm³/mol. The Kier molecular flexibility index (Phi) is 9.01. The highest BCUT2D eigenvalue weighted by Crippen LogP contribution is 2.15. The summed E-state index contributed by atoms with van der Waals surface area (Å²) in [6.07, 6.45) is -2.51. The monoisotopic (exact) mass is 305 g/mol. The van der Waals surface area contributed by atoms with E-state index in [2.05, 4.69) is 10.0 Å². The van der Waals surface area contributed by atoms with Crippen LogP contribution in [0.1, 0.15) is 6.42 Å². The van der Waals surface area contributed by atoms with E-state index in [0.717, 1.165) is 0 Å². The molecule has 0 aromatic rings. The van der Waals surface area contributed by atoms with Gasteiger partial charge in [0.2, 0.25) is 5.91 Å². The smallest absolute Gasteiger partial charge is 0.252 e. The van der Waals surface area contributed by atoms with Crippen LogP contribution in [-0.2, 0) is 19.1 Å². The Labute approximate surface area is 120 Å². The number of ether oxygens (including phenoxy) is 2. The second kappa shape index (κ2) is 9.91. The number of carbonyl (C=O) groups excluding carboxylic acids is 2. The van der Waals surface area contributed by atoms with Gasteiger partial charge in [-0.2, -0.15) is 0 Å². The van der Waals surface area contributed by atoms with Crippen LogP contribution in [0.15, 0.2) is 5.11 Å². The van der Waals surface area contributed by atoms with Crippen LogP contribution in [0, 0.1) is 0 Å². The highest BCUT2D eigenvalue weighted by atomic mass is 16.5. The first-order chi connectivity index (χ1) is 9.86. The van der Waals surface area contributed by atoms with Crippen LogP contribution in [0.4, 0.5) is 0 Å². The number of aliphatic hydroxyl groups excluding tert-OH is 1. The third-order valence-corrected chi connectivity index (χ3v) is 2.55. The van der Waals surface area contributed by atoms with Crippen molar-refractivity contribution in [1.29, 1.82) is 0 Å². The second-order valence-corrected chi connectivity index (χ2v) is 4.02. The lowest BCUT2D eigenvalue weighted by Gasteiger charge is -2.27. The summed E-state index contributed by atoms with van der Waals surface area (Å²) in [5.74, 6) is -2.54. The molecule has 11 nitrogen and oxygen atoms in total. The van der Waals surface area contributed by atoms with Crippen molar-refractivity contribution in [3.8, 4) is 0 Å². The Morgan fingerprint density at radius 2 is 1.81 bits per heavy atom. The molecule has 0 fully saturated rings. The van der Waals surface area contributed by atoms with Gasteiger partial charge in [-0.3, -0.25) is 9.59 Å². The van der Waals surface area contributed by atoms with Crippen LogP contribution in [0.5, 0.6) is 0 Å². The molecule has 21 heavy (non-hydrogen) atoms. The van der Waals surface area contributed by atoms with E-state index in [-0.39, 0.29) is 33.0 Å². The molecule has 2 unspecified atom stereocenters. The van der Waals surface area contributed by atoms with E-state index in [0.29, 0.717) is 0 Å². The van der Waals surface area contributed by atoms with Gasteiger partial charge in [-0.15, -0.1) is 0 Å². The molecule has 0 bridgehead atoms. The number of carbonyl (C=O) groups is 2. The molecule has 6 N–H and O–H groups in total. The first kappa shape index (κ1) is 19.1. The Morgan fingerprint density at radius 3 is 2.29 bits per heavy atom. The van der Waals surface area contributed by atoms with Crippen LogP contribution in [0.3, 0.4) is 0 Å².